The molecule has 7 nitrogen and oxygen atoms in total. The minimum atomic E-state index is -0.713. The van der Waals surface area contributed by atoms with E-state index in [9.17, 15) is 14.4 Å². The van der Waals surface area contributed by atoms with Crippen molar-refractivity contribution in [1.29, 1.82) is 0 Å². The van der Waals surface area contributed by atoms with Gasteiger partial charge >= 0.3 is 5.97 Å². The third-order valence-electron chi connectivity index (χ3n) is 4.24. The van der Waals surface area contributed by atoms with Crippen molar-refractivity contribution in [2.24, 2.45) is 0 Å². The molecule has 0 fully saturated rings. The number of esters is 1. The van der Waals surface area contributed by atoms with Crippen LogP contribution in [0.3, 0.4) is 0 Å². The largest absolute Gasteiger partial charge is 0.486 e. The zero-order valence-corrected chi connectivity index (χ0v) is 15.9. The summed E-state index contributed by atoms with van der Waals surface area (Å²) in [4.78, 5) is 39.2. The molecule has 2 aromatic rings. The molecule has 0 saturated heterocycles. The maximum atomic E-state index is 12.4. The molecule has 1 aromatic heterocycles. The summed E-state index contributed by atoms with van der Waals surface area (Å²) in [7, 11) is 0. The van der Waals surface area contributed by atoms with Crippen molar-refractivity contribution in [2.75, 3.05) is 19.8 Å². The summed E-state index contributed by atoms with van der Waals surface area (Å²) in [6.45, 7) is 5.08. The molecule has 0 amide bonds. The molecule has 0 aliphatic carbocycles. The van der Waals surface area contributed by atoms with E-state index in [0.29, 0.717) is 41.5 Å². The summed E-state index contributed by atoms with van der Waals surface area (Å²) in [6.07, 6.45) is 0. The quantitative estimate of drug-likeness (QED) is 0.620. The molecule has 0 unspecified atom stereocenters. The van der Waals surface area contributed by atoms with Crippen molar-refractivity contribution < 1.29 is 28.6 Å². The van der Waals surface area contributed by atoms with E-state index >= 15 is 0 Å². The number of fused-ring (bicyclic) bond motifs is 1. The van der Waals surface area contributed by atoms with Crippen molar-refractivity contribution in [3.63, 3.8) is 0 Å². The highest BCUT2D eigenvalue weighted by molar-refractivity contribution is 6.32. The fourth-order valence-electron chi connectivity index (χ4n) is 3.07. The number of hydrogen-bond acceptors (Lipinski definition) is 6. The number of hydrogen-bond donors (Lipinski definition) is 1. The fraction of sp³-hybridized carbons (Fsp3) is 0.316. The number of nitrogens with one attached hydrogen (secondary N) is 1. The van der Waals surface area contributed by atoms with Crippen molar-refractivity contribution in [1.82, 2.24) is 4.98 Å². The van der Waals surface area contributed by atoms with Crippen LogP contribution < -0.4 is 9.47 Å². The monoisotopic (exact) mass is 391 g/mol. The maximum absolute atomic E-state index is 12.4. The zero-order valence-electron chi connectivity index (χ0n) is 15.1. The zero-order chi connectivity index (χ0) is 19.7. The number of carbonyl (C=O) groups excluding carboxylic acids is 3. The Balaban J connectivity index is 1.73. The molecule has 142 valence electrons. The van der Waals surface area contributed by atoms with Crippen LogP contribution in [0, 0.1) is 13.8 Å². The van der Waals surface area contributed by atoms with E-state index in [4.69, 9.17) is 25.8 Å². The van der Waals surface area contributed by atoms with Gasteiger partial charge in [-0.05, 0) is 38.5 Å². The highest BCUT2D eigenvalue weighted by atomic mass is 35.5. The molecule has 2 heterocycles. The van der Waals surface area contributed by atoms with Gasteiger partial charge in [0, 0.05) is 11.3 Å². The predicted octanol–water partition coefficient (Wildman–Crippen LogP) is 3.30. The second kappa shape index (κ2) is 7.44. The van der Waals surface area contributed by atoms with E-state index in [1.807, 2.05) is 0 Å². The number of aryl methyl sites for hydroxylation is 1. The smallest absolute Gasteiger partial charge is 0.338 e. The van der Waals surface area contributed by atoms with E-state index in [2.05, 4.69) is 4.98 Å². The molecule has 1 N–H and O–H groups in total. The number of rotatable bonds is 5. The lowest BCUT2D eigenvalue weighted by molar-refractivity contribution is 0.0472. The summed E-state index contributed by atoms with van der Waals surface area (Å²) in [6, 6.07) is 2.87. The van der Waals surface area contributed by atoms with Crippen LogP contribution in [0.2, 0.25) is 5.02 Å². The number of ketones is 2. The molecular formula is C19H18ClNO6. The summed E-state index contributed by atoms with van der Waals surface area (Å²) in [5.74, 6) is -0.544. The Morgan fingerprint density at radius 1 is 1.19 bits per heavy atom. The Morgan fingerprint density at radius 2 is 1.89 bits per heavy atom. The summed E-state index contributed by atoms with van der Waals surface area (Å²) < 4.78 is 15.9. The van der Waals surface area contributed by atoms with Gasteiger partial charge in [0.2, 0.25) is 5.78 Å². The Labute approximate surface area is 160 Å². The molecule has 8 heteroatoms. The van der Waals surface area contributed by atoms with Crippen molar-refractivity contribution in [3.05, 3.63) is 45.2 Å². The van der Waals surface area contributed by atoms with E-state index in [0.717, 1.165) is 0 Å². The minimum Gasteiger partial charge on any atom is -0.486 e. The first kappa shape index (κ1) is 19.0. The van der Waals surface area contributed by atoms with Gasteiger partial charge in [-0.25, -0.2) is 4.79 Å². The molecule has 27 heavy (non-hydrogen) atoms. The highest BCUT2D eigenvalue weighted by Gasteiger charge is 2.23. The molecule has 0 saturated carbocycles. The lowest BCUT2D eigenvalue weighted by Gasteiger charge is -2.19. The molecule has 1 aliphatic heterocycles. The van der Waals surface area contributed by atoms with E-state index in [-0.39, 0.29) is 22.1 Å². The first-order valence-corrected chi connectivity index (χ1v) is 8.67. The number of Topliss-reactive ketones (excluding diaryl/α,β-unsaturated/α-hetero) is 2. The minimum absolute atomic E-state index is 0.136. The van der Waals surface area contributed by atoms with E-state index in [1.54, 1.807) is 13.8 Å². The van der Waals surface area contributed by atoms with Gasteiger partial charge in [0.05, 0.1) is 16.3 Å². The maximum Gasteiger partial charge on any atom is 0.338 e. The number of ether oxygens (including phenoxy) is 3. The first-order chi connectivity index (χ1) is 12.8. The summed E-state index contributed by atoms with van der Waals surface area (Å²) >= 11 is 6.10. The lowest BCUT2D eigenvalue weighted by atomic mass is 10.1. The van der Waals surface area contributed by atoms with Gasteiger partial charge in [-0.3, -0.25) is 9.59 Å². The topological polar surface area (TPSA) is 94.7 Å². The second-order valence-electron chi connectivity index (χ2n) is 6.16. The Bertz CT molecular complexity index is 946. The van der Waals surface area contributed by atoms with Crippen LogP contribution in [-0.4, -0.2) is 42.3 Å². The van der Waals surface area contributed by atoms with Crippen molar-refractivity contribution in [3.8, 4) is 11.5 Å². The predicted molar refractivity (Wildman–Crippen MR) is 97.3 cm³/mol. The van der Waals surface area contributed by atoms with Crippen LogP contribution in [-0.2, 0) is 4.74 Å². The van der Waals surface area contributed by atoms with Crippen molar-refractivity contribution in [2.45, 2.75) is 20.8 Å². The third-order valence-corrected chi connectivity index (χ3v) is 4.52. The summed E-state index contributed by atoms with van der Waals surface area (Å²) in [5, 5.41) is 0.229. The Kier molecular flexibility index (Phi) is 5.23. The molecular weight excluding hydrogens is 374 g/mol. The number of carbonyl (C=O) groups is 3. The Hall–Kier alpha value is -2.80. The van der Waals surface area contributed by atoms with E-state index in [1.165, 1.54) is 19.1 Å². The number of benzene rings is 1. The highest BCUT2D eigenvalue weighted by Crippen LogP contribution is 2.38. The van der Waals surface area contributed by atoms with Gasteiger partial charge in [-0.2, -0.15) is 0 Å². The number of halogens is 1. The fourth-order valence-corrected chi connectivity index (χ4v) is 3.34. The van der Waals surface area contributed by atoms with Gasteiger partial charge < -0.3 is 19.2 Å². The molecule has 3 rings (SSSR count). The van der Waals surface area contributed by atoms with Gasteiger partial charge in [0.15, 0.2) is 23.9 Å². The van der Waals surface area contributed by atoms with Crippen molar-refractivity contribution >= 4 is 29.1 Å². The third kappa shape index (κ3) is 3.68. The van der Waals surface area contributed by atoms with Gasteiger partial charge in [-0.15, -0.1) is 0 Å². The van der Waals surface area contributed by atoms with Crippen LogP contribution in [0.1, 0.15) is 49.4 Å². The average molecular weight is 392 g/mol. The molecule has 0 atom stereocenters. The Morgan fingerprint density at radius 3 is 2.56 bits per heavy atom. The number of H-pyrrole nitrogens is 1. The molecule has 1 aromatic carbocycles. The molecule has 0 spiro atoms. The average Bonchev–Trinajstić information content (AvgIpc) is 2.93. The van der Waals surface area contributed by atoms with Crippen LogP contribution >= 0.6 is 11.6 Å². The van der Waals surface area contributed by atoms with Crippen LogP contribution in [0.5, 0.6) is 11.5 Å². The first-order valence-electron chi connectivity index (χ1n) is 8.29. The SMILES string of the molecule is CC(=O)c1c(C)[nH]c(C(=O)COC(=O)c2cc(Cl)c3c(c2)OCCO3)c1C. The second-order valence-corrected chi connectivity index (χ2v) is 6.57. The van der Waals surface area contributed by atoms with Gasteiger partial charge in [-0.1, -0.05) is 11.6 Å². The number of aromatic amines is 1. The number of aromatic nitrogens is 1. The summed E-state index contributed by atoms with van der Waals surface area (Å²) in [5.41, 5.74) is 2.03. The molecule has 0 bridgehead atoms. The lowest BCUT2D eigenvalue weighted by Crippen LogP contribution is -2.18. The molecule has 1 aliphatic rings. The van der Waals surface area contributed by atoms with Crippen LogP contribution in [0.4, 0.5) is 0 Å². The van der Waals surface area contributed by atoms with Crippen LogP contribution in [0.25, 0.3) is 0 Å². The van der Waals surface area contributed by atoms with E-state index < -0.39 is 18.4 Å². The van der Waals surface area contributed by atoms with Gasteiger partial charge in [0.1, 0.15) is 13.2 Å². The normalized spacial score (nSPS) is 12.6. The molecule has 0 radical (unpaired) electrons. The van der Waals surface area contributed by atoms with Crippen LogP contribution in [0.15, 0.2) is 12.1 Å². The standard InChI is InChI=1S/C19H18ClNO6/c1-9-16(11(3)22)10(2)21-17(9)14(23)8-27-19(24)12-6-13(20)18-15(7-12)25-4-5-26-18/h6-7,21H,4-5,8H2,1-3H3. The van der Waals surface area contributed by atoms with Gasteiger partial charge in [0.25, 0.3) is 0 Å².